The first-order chi connectivity index (χ1) is 8.99. The van der Waals surface area contributed by atoms with Gasteiger partial charge in [0, 0.05) is 6.07 Å². The summed E-state index contributed by atoms with van der Waals surface area (Å²) in [6.45, 7) is 3.38. The van der Waals surface area contributed by atoms with Crippen LogP contribution in [0.2, 0.25) is 0 Å². The number of nitrogens with two attached hydrogens (primary N) is 1. The molecule has 19 heavy (non-hydrogen) atoms. The van der Waals surface area contributed by atoms with Crippen LogP contribution in [-0.4, -0.2) is 5.11 Å². The third-order valence-electron chi connectivity index (χ3n) is 2.99. The van der Waals surface area contributed by atoms with Crippen molar-refractivity contribution >= 4 is 0 Å². The molecule has 0 bridgehead atoms. The van der Waals surface area contributed by atoms with E-state index in [1.54, 1.807) is 0 Å². The Bertz CT molecular complexity index is 637. The Kier molecular flexibility index (Phi) is 3.32. The zero-order valence-electron chi connectivity index (χ0n) is 10.6. The maximum atomic E-state index is 11.9. The Morgan fingerprint density at radius 3 is 2.79 bits per heavy atom. The molecular weight excluding hydrogens is 248 g/mol. The Labute approximate surface area is 109 Å². The number of ether oxygens (including phenoxy) is 1. The van der Waals surface area contributed by atoms with Crippen LogP contribution in [-0.2, 0) is 6.61 Å². The number of hydrogen-bond acceptors (Lipinski definition) is 6. The fourth-order valence-corrected chi connectivity index (χ4v) is 2.14. The summed E-state index contributed by atoms with van der Waals surface area (Å²) in [4.78, 5) is 11.9. The number of nitriles is 1. The van der Waals surface area contributed by atoms with E-state index >= 15 is 0 Å². The van der Waals surface area contributed by atoms with Crippen molar-refractivity contribution in [1.82, 2.24) is 0 Å². The summed E-state index contributed by atoms with van der Waals surface area (Å²) in [6, 6.07) is 3.14. The minimum Gasteiger partial charge on any atom is -0.459 e. The number of rotatable bonds is 2. The number of hydrogen-bond donors (Lipinski definition) is 2. The zero-order chi connectivity index (χ0) is 14.2. The summed E-state index contributed by atoms with van der Waals surface area (Å²) in [6.07, 6.45) is 0. The molecule has 2 rings (SSSR count). The third kappa shape index (κ3) is 2.09. The quantitative estimate of drug-likeness (QED) is 0.821. The molecule has 0 amide bonds. The minimum absolute atomic E-state index is 0.00653. The van der Waals surface area contributed by atoms with Gasteiger partial charge in [-0.25, -0.2) is 0 Å². The number of fused-ring (bicyclic) bond motifs is 1. The molecule has 1 aromatic heterocycles. The monoisotopic (exact) mass is 262 g/mol. The normalized spacial score (nSPS) is 17.9. The van der Waals surface area contributed by atoms with E-state index in [2.05, 4.69) is 0 Å². The predicted molar refractivity (Wildman–Crippen MR) is 65.9 cm³/mol. The standard InChI is InChI=1S/C13H14N2O4/c1-6(2)10-8(4-14)13(15)19-11-9(17)3-7(5-16)18-12(10)11/h3,6,10,16H,5,15H2,1-2H3/t10-/m0/s1. The molecule has 0 fully saturated rings. The van der Waals surface area contributed by atoms with Gasteiger partial charge in [0.2, 0.25) is 17.1 Å². The topological polar surface area (TPSA) is 109 Å². The Balaban J connectivity index is 2.71. The first-order valence-electron chi connectivity index (χ1n) is 5.85. The molecular formula is C13H14N2O4. The van der Waals surface area contributed by atoms with Crippen molar-refractivity contribution in [2.24, 2.45) is 11.7 Å². The van der Waals surface area contributed by atoms with Crippen LogP contribution < -0.4 is 15.9 Å². The summed E-state index contributed by atoms with van der Waals surface area (Å²) >= 11 is 0. The smallest absolute Gasteiger partial charge is 0.228 e. The highest BCUT2D eigenvalue weighted by Gasteiger charge is 2.35. The third-order valence-corrected chi connectivity index (χ3v) is 2.99. The van der Waals surface area contributed by atoms with E-state index in [1.807, 2.05) is 19.9 Å². The summed E-state index contributed by atoms with van der Waals surface area (Å²) in [7, 11) is 0. The van der Waals surface area contributed by atoms with E-state index in [4.69, 9.17) is 25.3 Å². The van der Waals surface area contributed by atoms with Gasteiger partial charge in [-0.2, -0.15) is 5.26 Å². The highest BCUT2D eigenvalue weighted by molar-refractivity contribution is 5.45. The van der Waals surface area contributed by atoms with Crippen LogP contribution in [0, 0.1) is 17.2 Å². The molecule has 1 atom stereocenters. The van der Waals surface area contributed by atoms with Crippen LogP contribution >= 0.6 is 0 Å². The van der Waals surface area contributed by atoms with Crippen LogP contribution in [0.3, 0.4) is 0 Å². The van der Waals surface area contributed by atoms with Crippen molar-refractivity contribution in [1.29, 1.82) is 5.26 Å². The van der Waals surface area contributed by atoms with E-state index in [9.17, 15) is 4.79 Å². The molecule has 2 heterocycles. The van der Waals surface area contributed by atoms with Gasteiger partial charge in [0.25, 0.3) is 0 Å². The van der Waals surface area contributed by atoms with Gasteiger partial charge in [0.1, 0.15) is 24.0 Å². The molecule has 1 aliphatic rings. The minimum atomic E-state index is -0.451. The fourth-order valence-electron chi connectivity index (χ4n) is 2.14. The van der Waals surface area contributed by atoms with Gasteiger partial charge in [-0.1, -0.05) is 13.8 Å². The first kappa shape index (κ1) is 13.2. The Morgan fingerprint density at radius 2 is 2.26 bits per heavy atom. The molecule has 6 heteroatoms. The average Bonchev–Trinajstić information content (AvgIpc) is 2.37. The van der Waals surface area contributed by atoms with Gasteiger partial charge >= 0.3 is 0 Å². The highest BCUT2D eigenvalue weighted by Crippen LogP contribution is 2.40. The highest BCUT2D eigenvalue weighted by atomic mass is 16.5. The van der Waals surface area contributed by atoms with Crippen LogP contribution in [0.15, 0.2) is 26.7 Å². The second kappa shape index (κ2) is 4.78. The molecule has 0 spiro atoms. The molecule has 6 nitrogen and oxygen atoms in total. The van der Waals surface area contributed by atoms with Crippen LogP contribution in [0.5, 0.6) is 5.75 Å². The lowest BCUT2D eigenvalue weighted by atomic mass is 9.85. The molecule has 0 saturated carbocycles. The Morgan fingerprint density at radius 1 is 1.58 bits per heavy atom. The van der Waals surface area contributed by atoms with E-state index in [-0.39, 0.29) is 34.6 Å². The maximum absolute atomic E-state index is 11.9. The van der Waals surface area contributed by atoms with Gasteiger partial charge in [-0.05, 0) is 5.92 Å². The van der Waals surface area contributed by atoms with Crippen molar-refractivity contribution in [3.8, 4) is 11.8 Å². The maximum Gasteiger partial charge on any atom is 0.228 e. The van der Waals surface area contributed by atoms with Crippen LogP contribution in [0.25, 0.3) is 0 Å². The van der Waals surface area contributed by atoms with E-state index in [0.717, 1.165) is 6.07 Å². The van der Waals surface area contributed by atoms with Gasteiger partial charge in [0.15, 0.2) is 5.76 Å². The van der Waals surface area contributed by atoms with Gasteiger partial charge in [-0.15, -0.1) is 0 Å². The molecule has 3 N–H and O–H groups in total. The molecule has 0 aliphatic carbocycles. The Hall–Kier alpha value is -2.26. The largest absolute Gasteiger partial charge is 0.459 e. The van der Waals surface area contributed by atoms with Crippen molar-refractivity contribution in [2.75, 3.05) is 0 Å². The lowest BCUT2D eigenvalue weighted by Gasteiger charge is -2.26. The van der Waals surface area contributed by atoms with E-state index in [0.29, 0.717) is 0 Å². The molecule has 0 unspecified atom stereocenters. The predicted octanol–water partition coefficient (Wildman–Crippen LogP) is 0.958. The molecule has 0 aromatic carbocycles. The van der Waals surface area contributed by atoms with Crippen LogP contribution in [0.1, 0.15) is 31.3 Å². The second-order valence-corrected chi connectivity index (χ2v) is 4.64. The van der Waals surface area contributed by atoms with Gasteiger partial charge in [0.05, 0.1) is 5.92 Å². The summed E-state index contributed by atoms with van der Waals surface area (Å²) in [5, 5.41) is 18.3. The van der Waals surface area contributed by atoms with Crippen molar-refractivity contribution in [3.63, 3.8) is 0 Å². The molecule has 1 aromatic rings. The zero-order valence-corrected chi connectivity index (χ0v) is 10.6. The second-order valence-electron chi connectivity index (χ2n) is 4.64. The summed E-state index contributed by atoms with van der Waals surface area (Å²) < 4.78 is 10.7. The van der Waals surface area contributed by atoms with Crippen molar-refractivity contribution in [3.05, 3.63) is 39.3 Å². The summed E-state index contributed by atoms with van der Waals surface area (Å²) in [5.41, 5.74) is 5.49. The lowest BCUT2D eigenvalue weighted by molar-refractivity contribution is 0.225. The number of aliphatic hydroxyl groups excluding tert-OH is 1. The van der Waals surface area contributed by atoms with Crippen molar-refractivity contribution in [2.45, 2.75) is 26.4 Å². The fraction of sp³-hybridized carbons (Fsp3) is 0.385. The number of aliphatic hydroxyl groups is 1. The van der Waals surface area contributed by atoms with E-state index in [1.165, 1.54) is 0 Å². The first-order valence-corrected chi connectivity index (χ1v) is 5.85. The lowest BCUT2D eigenvalue weighted by Crippen LogP contribution is -2.27. The summed E-state index contributed by atoms with van der Waals surface area (Å²) in [5.74, 6) is -0.154. The molecule has 0 radical (unpaired) electrons. The van der Waals surface area contributed by atoms with Gasteiger partial charge < -0.3 is 20.0 Å². The van der Waals surface area contributed by atoms with Gasteiger partial charge in [-0.3, -0.25) is 4.79 Å². The molecule has 100 valence electrons. The SMILES string of the molecule is CC(C)[C@H]1C(C#N)=C(N)Oc2c1oc(CO)cc2=O. The van der Waals surface area contributed by atoms with Crippen LogP contribution in [0.4, 0.5) is 0 Å². The number of allylic oxidation sites excluding steroid dienone is 1. The van der Waals surface area contributed by atoms with E-state index < -0.39 is 18.0 Å². The molecule has 1 aliphatic heterocycles. The molecule has 0 saturated heterocycles. The van der Waals surface area contributed by atoms with Crippen molar-refractivity contribution < 1.29 is 14.3 Å². The average molecular weight is 262 g/mol. The number of nitrogens with zero attached hydrogens (tertiary/aromatic N) is 1.